The minimum Gasteiger partial charge on any atom is -0.314 e. The van der Waals surface area contributed by atoms with Crippen molar-refractivity contribution >= 4 is 34.8 Å². The van der Waals surface area contributed by atoms with Crippen molar-refractivity contribution in [1.29, 1.82) is 0 Å². The van der Waals surface area contributed by atoms with Crippen LogP contribution in [0.5, 0.6) is 0 Å². The van der Waals surface area contributed by atoms with Crippen LogP contribution in [0.2, 0.25) is 0 Å². The molecule has 2 fully saturated rings. The van der Waals surface area contributed by atoms with Crippen molar-refractivity contribution in [2.45, 2.75) is 52.1 Å². The third-order valence-corrected chi connectivity index (χ3v) is 5.84. The van der Waals surface area contributed by atoms with Gasteiger partial charge in [0.15, 0.2) is 5.13 Å². The second-order valence-corrected chi connectivity index (χ2v) is 8.03. The Morgan fingerprint density at radius 2 is 2.12 bits per heavy atom. The summed E-state index contributed by atoms with van der Waals surface area (Å²) in [5.74, 6) is 1.09. The molecule has 0 unspecified atom stereocenters. The number of amides is 1. The lowest BCUT2D eigenvalue weighted by atomic mass is 9.92. The van der Waals surface area contributed by atoms with Gasteiger partial charge in [-0.15, -0.1) is 23.7 Å². The first-order valence-electron chi connectivity index (χ1n) is 8.81. The SMILES string of the molecule is CC1CCN(Cc2csc(NC(=O)[C@H]3CCN[C@@H](C)C3)n2)CC1.Cl. The van der Waals surface area contributed by atoms with E-state index in [0.717, 1.165) is 55.8 Å². The Morgan fingerprint density at radius 1 is 1.38 bits per heavy atom. The van der Waals surface area contributed by atoms with E-state index >= 15 is 0 Å². The lowest BCUT2D eigenvalue weighted by Crippen LogP contribution is -2.40. The number of hydrogen-bond donors (Lipinski definition) is 2. The van der Waals surface area contributed by atoms with E-state index in [0.29, 0.717) is 6.04 Å². The van der Waals surface area contributed by atoms with Crippen molar-refractivity contribution in [3.63, 3.8) is 0 Å². The van der Waals surface area contributed by atoms with Gasteiger partial charge in [0, 0.05) is 23.9 Å². The molecule has 24 heavy (non-hydrogen) atoms. The standard InChI is InChI=1S/C17H28N4OS.ClH/c1-12-4-7-21(8-5-12)10-15-11-23-17(19-15)20-16(22)14-3-6-18-13(2)9-14;/h11-14,18H,3-10H2,1-2H3,(H,19,20,22);1H/t13-,14-;/m0./s1. The second kappa shape index (κ2) is 9.13. The van der Waals surface area contributed by atoms with Gasteiger partial charge >= 0.3 is 0 Å². The maximum absolute atomic E-state index is 12.4. The van der Waals surface area contributed by atoms with Gasteiger partial charge < -0.3 is 10.6 Å². The van der Waals surface area contributed by atoms with E-state index in [4.69, 9.17) is 0 Å². The zero-order valence-electron chi connectivity index (χ0n) is 14.6. The van der Waals surface area contributed by atoms with Gasteiger partial charge in [-0.05, 0) is 58.2 Å². The molecule has 1 aromatic rings. The molecule has 0 saturated carbocycles. The van der Waals surface area contributed by atoms with Crippen molar-refractivity contribution in [1.82, 2.24) is 15.2 Å². The molecule has 0 spiro atoms. The van der Waals surface area contributed by atoms with Gasteiger partial charge in [-0.3, -0.25) is 9.69 Å². The molecule has 0 radical (unpaired) electrons. The van der Waals surface area contributed by atoms with Crippen molar-refractivity contribution in [3.8, 4) is 0 Å². The highest BCUT2D eigenvalue weighted by Crippen LogP contribution is 2.23. The summed E-state index contributed by atoms with van der Waals surface area (Å²) in [6.45, 7) is 8.62. The third kappa shape index (κ3) is 5.41. The summed E-state index contributed by atoms with van der Waals surface area (Å²) in [6.07, 6.45) is 4.39. The Bertz CT molecular complexity index is 530. The highest BCUT2D eigenvalue weighted by molar-refractivity contribution is 7.13. The molecule has 3 rings (SSSR count). The fourth-order valence-corrected chi connectivity index (χ4v) is 4.17. The number of rotatable bonds is 4. The van der Waals surface area contributed by atoms with E-state index in [-0.39, 0.29) is 24.2 Å². The van der Waals surface area contributed by atoms with Crippen LogP contribution >= 0.6 is 23.7 Å². The quantitative estimate of drug-likeness (QED) is 0.852. The highest BCUT2D eigenvalue weighted by Gasteiger charge is 2.25. The van der Waals surface area contributed by atoms with Crippen LogP contribution in [0, 0.1) is 11.8 Å². The third-order valence-electron chi connectivity index (χ3n) is 5.04. The van der Waals surface area contributed by atoms with Gasteiger partial charge in [0.25, 0.3) is 0 Å². The number of halogens is 1. The molecule has 7 heteroatoms. The lowest BCUT2D eigenvalue weighted by molar-refractivity contribution is -0.120. The van der Waals surface area contributed by atoms with E-state index in [2.05, 4.69) is 39.7 Å². The van der Waals surface area contributed by atoms with Crippen LogP contribution < -0.4 is 10.6 Å². The van der Waals surface area contributed by atoms with Gasteiger partial charge in [0.2, 0.25) is 5.91 Å². The Labute approximate surface area is 155 Å². The number of anilines is 1. The molecule has 0 bridgehead atoms. The van der Waals surface area contributed by atoms with Crippen molar-refractivity contribution in [2.75, 3.05) is 25.0 Å². The molecule has 2 atom stereocenters. The number of carbonyl (C=O) groups is 1. The zero-order valence-corrected chi connectivity index (χ0v) is 16.2. The average molecular weight is 373 g/mol. The Hall–Kier alpha value is -0.690. The number of likely N-dealkylation sites (tertiary alicyclic amines) is 1. The van der Waals surface area contributed by atoms with E-state index in [1.165, 1.54) is 12.8 Å². The predicted octanol–water partition coefficient (Wildman–Crippen LogP) is 3.12. The number of hydrogen-bond acceptors (Lipinski definition) is 5. The van der Waals surface area contributed by atoms with Crippen LogP contribution in [0.25, 0.3) is 0 Å². The van der Waals surface area contributed by atoms with Gasteiger partial charge in [0.05, 0.1) is 5.69 Å². The second-order valence-electron chi connectivity index (χ2n) is 7.17. The minimum atomic E-state index is 0. The van der Waals surface area contributed by atoms with Crippen LogP contribution in [0.15, 0.2) is 5.38 Å². The van der Waals surface area contributed by atoms with Crippen LogP contribution in [-0.2, 0) is 11.3 Å². The van der Waals surface area contributed by atoms with Gasteiger partial charge in [-0.1, -0.05) is 6.92 Å². The van der Waals surface area contributed by atoms with Crippen LogP contribution in [-0.4, -0.2) is 41.5 Å². The molecule has 2 N–H and O–H groups in total. The fraction of sp³-hybridized carbons (Fsp3) is 0.765. The first-order chi connectivity index (χ1) is 11.1. The summed E-state index contributed by atoms with van der Waals surface area (Å²) in [7, 11) is 0. The Morgan fingerprint density at radius 3 is 2.83 bits per heavy atom. The molecule has 1 aromatic heterocycles. The monoisotopic (exact) mass is 372 g/mol. The van der Waals surface area contributed by atoms with Crippen LogP contribution in [0.3, 0.4) is 0 Å². The lowest BCUT2D eigenvalue weighted by Gasteiger charge is -2.29. The molecule has 0 aliphatic carbocycles. The molecule has 1 amide bonds. The topological polar surface area (TPSA) is 57.3 Å². The highest BCUT2D eigenvalue weighted by atomic mass is 35.5. The maximum Gasteiger partial charge on any atom is 0.229 e. The zero-order chi connectivity index (χ0) is 16.2. The van der Waals surface area contributed by atoms with Crippen molar-refractivity contribution in [3.05, 3.63) is 11.1 Å². The number of piperidine rings is 2. The molecular formula is C17H29ClN4OS. The first kappa shape index (κ1) is 19.6. The van der Waals surface area contributed by atoms with E-state index in [1.807, 2.05) is 0 Å². The number of carbonyl (C=O) groups excluding carboxylic acids is 1. The molecule has 3 heterocycles. The molecular weight excluding hydrogens is 344 g/mol. The summed E-state index contributed by atoms with van der Waals surface area (Å²) in [6, 6.07) is 0.424. The van der Waals surface area contributed by atoms with E-state index in [1.54, 1.807) is 11.3 Å². The normalized spacial score (nSPS) is 25.9. The molecule has 0 aromatic carbocycles. The fourth-order valence-electron chi connectivity index (χ4n) is 3.46. The Balaban J connectivity index is 0.00000208. The summed E-state index contributed by atoms with van der Waals surface area (Å²) in [5.41, 5.74) is 1.08. The number of aromatic nitrogens is 1. The summed E-state index contributed by atoms with van der Waals surface area (Å²) in [4.78, 5) is 19.4. The summed E-state index contributed by atoms with van der Waals surface area (Å²) in [5, 5.41) is 9.24. The number of thiazole rings is 1. The summed E-state index contributed by atoms with van der Waals surface area (Å²) < 4.78 is 0. The van der Waals surface area contributed by atoms with Gasteiger partial charge in [-0.2, -0.15) is 0 Å². The molecule has 2 saturated heterocycles. The van der Waals surface area contributed by atoms with Crippen molar-refractivity contribution < 1.29 is 4.79 Å². The van der Waals surface area contributed by atoms with Crippen LogP contribution in [0.1, 0.15) is 45.2 Å². The van der Waals surface area contributed by atoms with E-state index in [9.17, 15) is 4.79 Å². The first-order valence-corrected chi connectivity index (χ1v) is 9.69. The summed E-state index contributed by atoms with van der Waals surface area (Å²) >= 11 is 1.55. The average Bonchev–Trinajstić information content (AvgIpc) is 2.96. The predicted molar refractivity (Wildman–Crippen MR) is 102 cm³/mol. The molecule has 136 valence electrons. The van der Waals surface area contributed by atoms with Crippen molar-refractivity contribution in [2.24, 2.45) is 11.8 Å². The molecule has 2 aliphatic rings. The maximum atomic E-state index is 12.4. The van der Waals surface area contributed by atoms with Crippen LogP contribution in [0.4, 0.5) is 5.13 Å². The minimum absolute atomic E-state index is 0. The van der Waals surface area contributed by atoms with E-state index < -0.39 is 0 Å². The largest absolute Gasteiger partial charge is 0.314 e. The number of nitrogens with one attached hydrogen (secondary N) is 2. The smallest absolute Gasteiger partial charge is 0.229 e. The molecule has 2 aliphatic heterocycles. The number of nitrogens with zero attached hydrogens (tertiary/aromatic N) is 2. The van der Waals surface area contributed by atoms with Gasteiger partial charge in [-0.25, -0.2) is 4.98 Å². The Kier molecular flexibility index (Phi) is 7.47. The van der Waals surface area contributed by atoms with Gasteiger partial charge in [0.1, 0.15) is 0 Å². The molecule has 5 nitrogen and oxygen atoms in total.